The third-order valence-electron chi connectivity index (χ3n) is 3.29. The zero-order valence-corrected chi connectivity index (χ0v) is 12.2. The van der Waals surface area contributed by atoms with Crippen LogP contribution in [0.15, 0.2) is 28.8 Å². The van der Waals surface area contributed by atoms with Gasteiger partial charge in [0.2, 0.25) is 5.89 Å². The van der Waals surface area contributed by atoms with Crippen LogP contribution in [0.5, 0.6) is 0 Å². The van der Waals surface area contributed by atoms with Crippen molar-refractivity contribution < 1.29 is 4.52 Å². The Morgan fingerprint density at radius 2 is 2.05 bits per heavy atom. The molecule has 0 bridgehead atoms. The van der Waals surface area contributed by atoms with Gasteiger partial charge in [0.15, 0.2) is 5.82 Å². The van der Waals surface area contributed by atoms with E-state index in [4.69, 9.17) is 10.3 Å². The summed E-state index contributed by atoms with van der Waals surface area (Å²) in [5.74, 6) is 2.41. The molecule has 6 nitrogen and oxygen atoms in total. The van der Waals surface area contributed by atoms with Crippen LogP contribution in [0.25, 0.3) is 11.0 Å². The molecule has 0 aliphatic carbocycles. The van der Waals surface area contributed by atoms with Gasteiger partial charge in [-0.15, -0.1) is 0 Å². The zero-order valence-electron chi connectivity index (χ0n) is 12.2. The minimum absolute atomic E-state index is 0.207. The molecule has 0 unspecified atom stereocenters. The Morgan fingerprint density at radius 1 is 1.24 bits per heavy atom. The number of imidazole rings is 1. The molecule has 2 heterocycles. The molecule has 2 aromatic heterocycles. The molecule has 0 spiro atoms. The van der Waals surface area contributed by atoms with E-state index < -0.39 is 0 Å². The summed E-state index contributed by atoms with van der Waals surface area (Å²) in [6.45, 7) is 4.23. The van der Waals surface area contributed by atoms with Crippen LogP contribution in [0.2, 0.25) is 0 Å². The highest BCUT2D eigenvalue weighted by atomic mass is 16.5. The molecule has 3 rings (SSSR count). The second-order valence-electron chi connectivity index (χ2n) is 5.66. The molecule has 6 heteroatoms. The first kappa shape index (κ1) is 13.8. The number of rotatable bonds is 5. The third kappa shape index (κ3) is 3.11. The van der Waals surface area contributed by atoms with Gasteiger partial charge in [-0.25, -0.2) is 4.98 Å². The topological polar surface area (TPSA) is 93.6 Å². The summed E-state index contributed by atoms with van der Waals surface area (Å²) in [4.78, 5) is 12.1. The van der Waals surface area contributed by atoms with Gasteiger partial charge in [0, 0.05) is 0 Å². The number of aromatic amines is 1. The average Bonchev–Trinajstić information content (AvgIpc) is 3.04. The first-order valence-corrected chi connectivity index (χ1v) is 7.13. The lowest BCUT2D eigenvalue weighted by molar-refractivity contribution is 0.332. The lowest BCUT2D eigenvalue weighted by Gasteiger charge is -2.08. The molecule has 3 aromatic rings. The Balaban J connectivity index is 1.74. The second kappa shape index (κ2) is 5.65. The Labute approximate surface area is 122 Å². The van der Waals surface area contributed by atoms with Crippen molar-refractivity contribution in [3.63, 3.8) is 0 Å². The number of nitrogens with one attached hydrogen (secondary N) is 1. The fourth-order valence-corrected chi connectivity index (χ4v) is 2.34. The predicted molar refractivity (Wildman–Crippen MR) is 79.6 cm³/mol. The third-order valence-corrected chi connectivity index (χ3v) is 3.29. The number of nitrogens with zero attached hydrogens (tertiary/aromatic N) is 3. The lowest BCUT2D eigenvalue weighted by atomic mass is 10.0. The minimum Gasteiger partial charge on any atom is -0.342 e. The van der Waals surface area contributed by atoms with Crippen molar-refractivity contribution in [2.45, 2.75) is 32.7 Å². The molecule has 0 fully saturated rings. The van der Waals surface area contributed by atoms with Gasteiger partial charge in [0.05, 0.1) is 23.5 Å². The molecule has 21 heavy (non-hydrogen) atoms. The second-order valence-corrected chi connectivity index (χ2v) is 5.66. The quantitative estimate of drug-likeness (QED) is 0.751. The van der Waals surface area contributed by atoms with E-state index in [2.05, 4.69) is 34.0 Å². The van der Waals surface area contributed by atoms with Crippen LogP contribution in [0.1, 0.15) is 43.8 Å². The molecular formula is C15H19N5O. The molecule has 1 atom stereocenters. The SMILES string of the molecule is CC(C)C[C@@H](N)c1nc(Cc2nc3ccccc3[nH]2)no1. The van der Waals surface area contributed by atoms with Crippen LogP contribution in [0.3, 0.4) is 0 Å². The number of fused-ring (bicyclic) bond motifs is 1. The van der Waals surface area contributed by atoms with Crippen molar-refractivity contribution in [1.82, 2.24) is 20.1 Å². The van der Waals surface area contributed by atoms with E-state index in [1.807, 2.05) is 24.3 Å². The van der Waals surface area contributed by atoms with Crippen LogP contribution in [0, 0.1) is 5.92 Å². The fraction of sp³-hybridized carbons (Fsp3) is 0.400. The molecule has 0 radical (unpaired) electrons. The summed E-state index contributed by atoms with van der Waals surface area (Å²) < 4.78 is 5.25. The molecule has 1 aromatic carbocycles. The molecule has 110 valence electrons. The Morgan fingerprint density at radius 3 is 2.81 bits per heavy atom. The zero-order chi connectivity index (χ0) is 14.8. The summed E-state index contributed by atoms with van der Waals surface area (Å²) in [7, 11) is 0. The Kier molecular flexibility index (Phi) is 3.70. The predicted octanol–water partition coefficient (Wildman–Crippen LogP) is 2.58. The van der Waals surface area contributed by atoms with Crippen LogP contribution in [-0.2, 0) is 6.42 Å². The maximum absolute atomic E-state index is 6.04. The summed E-state index contributed by atoms with van der Waals surface area (Å²) in [6, 6.07) is 7.69. The molecule has 0 amide bonds. The molecule has 0 aliphatic rings. The van der Waals surface area contributed by atoms with E-state index in [1.165, 1.54) is 0 Å². The summed E-state index contributed by atoms with van der Waals surface area (Å²) in [5.41, 5.74) is 7.99. The number of para-hydroxylation sites is 2. The highest BCUT2D eigenvalue weighted by molar-refractivity contribution is 5.74. The number of benzene rings is 1. The molecule has 3 N–H and O–H groups in total. The number of H-pyrrole nitrogens is 1. The maximum Gasteiger partial charge on any atom is 0.243 e. The normalized spacial score (nSPS) is 13.1. The van der Waals surface area contributed by atoms with Gasteiger partial charge < -0.3 is 15.2 Å². The number of hydrogen-bond acceptors (Lipinski definition) is 5. The molecule has 0 aliphatic heterocycles. The van der Waals surface area contributed by atoms with Gasteiger partial charge in [-0.2, -0.15) is 4.98 Å². The lowest BCUT2D eigenvalue weighted by Crippen LogP contribution is -2.13. The van der Waals surface area contributed by atoms with Crippen LogP contribution in [0.4, 0.5) is 0 Å². The monoisotopic (exact) mass is 285 g/mol. The fourth-order valence-electron chi connectivity index (χ4n) is 2.34. The molecule has 0 saturated carbocycles. The van der Waals surface area contributed by atoms with Gasteiger partial charge in [0.1, 0.15) is 5.82 Å². The average molecular weight is 285 g/mol. The van der Waals surface area contributed by atoms with Gasteiger partial charge in [-0.05, 0) is 24.5 Å². The Bertz CT molecular complexity index is 697. The minimum atomic E-state index is -0.207. The van der Waals surface area contributed by atoms with Gasteiger partial charge in [0.25, 0.3) is 0 Å². The standard InChI is InChI=1S/C15H19N5O/c1-9(2)7-10(16)15-19-14(20-21-15)8-13-17-11-5-3-4-6-12(11)18-13/h3-6,9-10H,7-8,16H2,1-2H3,(H,17,18)/t10-/m1/s1. The van der Waals surface area contributed by atoms with Crippen molar-refractivity contribution >= 4 is 11.0 Å². The first-order valence-electron chi connectivity index (χ1n) is 7.13. The first-order chi connectivity index (χ1) is 10.1. The smallest absolute Gasteiger partial charge is 0.243 e. The number of nitrogens with two attached hydrogens (primary N) is 1. The van der Waals surface area contributed by atoms with Gasteiger partial charge in [-0.1, -0.05) is 31.1 Å². The number of hydrogen-bond donors (Lipinski definition) is 2. The van der Waals surface area contributed by atoms with E-state index in [0.717, 1.165) is 23.3 Å². The Hall–Kier alpha value is -2.21. The maximum atomic E-state index is 6.04. The van der Waals surface area contributed by atoms with Gasteiger partial charge >= 0.3 is 0 Å². The van der Waals surface area contributed by atoms with E-state index in [9.17, 15) is 0 Å². The van der Waals surface area contributed by atoms with E-state index in [0.29, 0.717) is 24.1 Å². The van der Waals surface area contributed by atoms with Crippen molar-refractivity contribution in [1.29, 1.82) is 0 Å². The van der Waals surface area contributed by atoms with Crippen molar-refractivity contribution in [2.24, 2.45) is 11.7 Å². The van der Waals surface area contributed by atoms with Crippen LogP contribution in [-0.4, -0.2) is 20.1 Å². The summed E-state index contributed by atoms with van der Waals surface area (Å²) in [6.07, 6.45) is 1.33. The van der Waals surface area contributed by atoms with Crippen LogP contribution >= 0.6 is 0 Å². The van der Waals surface area contributed by atoms with Crippen molar-refractivity contribution in [3.05, 3.63) is 41.8 Å². The van der Waals surface area contributed by atoms with Crippen LogP contribution < -0.4 is 5.73 Å². The van der Waals surface area contributed by atoms with E-state index in [1.54, 1.807) is 0 Å². The molecule has 0 saturated heterocycles. The largest absolute Gasteiger partial charge is 0.342 e. The van der Waals surface area contributed by atoms with Crippen molar-refractivity contribution in [2.75, 3.05) is 0 Å². The molecular weight excluding hydrogens is 266 g/mol. The highest BCUT2D eigenvalue weighted by Gasteiger charge is 2.17. The highest BCUT2D eigenvalue weighted by Crippen LogP contribution is 2.18. The summed E-state index contributed by atoms with van der Waals surface area (Å²) in [5, 5.41) is 3.98. The summed E-state index contributed by atoms with van der Waals surface area (Å²) >= 11 is 0. The number of aromatic nitrogens is 4. The van der Waals surface area contributed by atoms with E-state index >= 15 is 0 Å². The van der Waals surface area contributed by atoms with Crippen molar-refractivity contribution in [3.8, 4) is 0 Å². The van der Waals surface area contributed by atoms with E-state index in [-0.39, 0.29) is 6.04 Å². The van der Waals surface area contributed by atoms with Gasteiger partial charge in [-0.3, -0.25) is 0 Å².